The van der Waals surface area contributed by atoms with E-state index in [-0.39, 0.29) is 6.04 Å². The van der Waals surface area contributed by atoms with Crippen LogP contribution in [0.1, 0.15) is 52.4 Å². The lowest BCUT2D eigenvalue weighted by Crippen LogP contribution is -2.49. The van der Waals surface area contributed by atoms with Crippen LogP contribution in [-0.4, -0.2) is 29.4 Å². The predicted molar refractivity (Wildman–Crippen MR) is 65.2 cm³/mol. The second-order valence-electron chi connectivity index (χ2n) is 4.53. The van der Waals surface area contributed by atoms with Gasteiger partial charge in [0.15, 0.2) is 0 Å². The Balaban J connectivity index is 2.71. The standard InChI is InChI=1S/C12H25N3/c1-3-10-8-6-5-7-9-15(10)11(4-2)12(13)14/h10-11H,3-9H2,1-2H3,(H3,13,14). The summed E-state index contributed by atoms with van der Waals surface area (Å²) < 4.78 is 0. The minimum absolute atomic E-state index is 0.174. The van der Waals surface area contributed by atoms with E-state index < -0.39 is 0 Å². The molecule has 0 radical (unpaired) electrons. The van der Waals surface area contributed by atoms with Crippen LogP contribution in [0.25, 0.3) is 0 Å². The van der Waals surface area contributed by atoms with Crippen LogP contribution in [-0.2, 0) is 0 Å². The first kappa shape index (κ1) is 12.5. The van der Waals surface area contributed by atoms with Gasteiger partial charge in [-0.15, -0.1) is 0 Å². The second-order valence-corrected chi connectivity index (χ2v) is 4.53. The lowest BCUT2D eigenvalue weighted by Gasteiger charge is -2.35. The van der Waals surface area contributed by atoms with Crippen molar-refractivity contribution in [3.8, 4) is 0 Å². The molecule has 1 fully saturated rings. The zero-order valence-corrected chi connectivity index (χ0v) is 10.1. The molecule has 1 aliphatic heterocycles. The van der Waals surface area contributed by atoms with E-state index in [1.807, 2.05) is 0 Å². The van der Waals surface area contributed by atoms with Crippen molar-refractivity contribution >= 4 is 5.84 Å². The lowest BCUT2D eigenvalue weighted by atomic mass is 10.0. The van der Waals surface area contributed by atoms with Crippen LogP contribution in [0.3, 0.4) is 0 Å². The normalized spacial score (nSPS) is 25.9. The van der Waals surface area contributed by atoms with Crippen LogP contribution in [0, 0.1) is 5.41 Å². The highest BCUT2D eigenvalue weighted by molar-refractivity contribution is 5.82. The maximum atomic E-state index is 7.66. The molecule has 0 aromatic carbocycles. The summed E-state index contributed by atoms with van der Waals surface area (Å²) in [6.45, 7) is 5.50. The van der Waals surface area contributed by atoms with Crippen molar-refractivity contribution in [3.63, 3.8) is 0 Å². The van der Waals surface area contributed by atoms with Gasteiger partial charge < -0.3 is 5.73 Å². The Hall–Kier alpha value is -0.570. The van der Waals surface area contributed by atoms with Crippen LogP contribution < -0.4 is 5.73 Å². The number of hydrogen-bond acceptors (Lipinski definition) is 2. The fraction of sp³-hybridized carbons (Fsp3) is 0.917. The highest BCUT2D eigenvalue weighted by atomic mass is 15.2. The summed E-state index contributed by atoms with van der Waals surface area (Å²) >= 11 is 0. The Morgan fingerprint density at radius 3 is 2.67 bits per heavy atom. The maximum Gasteiger partial charge on any atom is 0.108 e. The topological polar surface area (TPSA) is 53.1 Å². The van der Waals surface area contributed by atoms with Gasteiger partial charge in [-0.3, -0.25) is 10.3 Å². The Morgan fingerprint density at radius 2 is 2.13 bits per heavy atom. The highest BCUT2D eigenvalue weighted by Crippen LogP contribution is 2.22. The molecule has 1 rings (SSSR count). The van der Waals surface area contributed by atoms with Gasteiger partial charge in [0.05, 0.1) is 6.04 Å². The number of nitrogens with one attached hydrogen (secondary N) is 1. The quantitative estimate of drug-likeness (QED) is 0.554. The molecule has 3 heteroatoms. The van der Waals surface area contributed by atoms with E-state index in [2.05, 4.69) is 18.7 Å². The lowest BCUT2D eigenvalue weighted by molar-refractivity contribution is 0.164. The zero-order valence-electron chi connectivity index (χ0n) is 10.1. The molecule has 88 valence electrons. The Kier molecular flexibility index (Phi) is 5.09. The third-order valence-electron chi connectivity index (χ3n) is 3.54. The highest BCUT2D eigenvalue weighted by Gasteiger charge is 2.26. The van der Waals surface area contributed by atoms with Crippen LogP contribution in [0.2, 0.25) is 0 Å². The van der Waals surface area contributed by atoms with Crippen LogP contribution in [0.5, 0.6) is 0 Å². The molecule has 1 aliphatic rings. The van der Waals surface area contributed by atoms with Gasteiger partial charge in [-0.1, -0.05) is 26.7 Å². The number of hydrogen-bond donors (Lipinski definition) is 2. The molecule has 0 amide bonds. The minimum atomic E-state index is 0.174. The number of rotatable bonds is 4. The fourth-order valence-corrected chi connectivity index (χ4v) is 2.68. The number of nitrogens with two attached hydrogens (primary N) is 1. The van der Waals surface area contributed by atoms with E-state index >= 15 is 0 Å². The predicted octanol–water partition coefficient (Wildman–Crippen LogP) is 2.36. The Labute approximate surface area is 93.5 Å². The fourth-order valence-electron chi connectivity index (χ4n) is 2.68. The van der Waals surface area contributed by atoms with Gasteiger partial charge in [0.2, 0.25) is 0 Å². The van der Waals surface area contributed by atoms with Crippen LogP contribution >= 0.6 is 0 Å². The summed E-state index contributed by atoms with van der Waals surface area (Å²) in [6.07, 6.45) is 7.36. The Bertz CT molecular complexity index is 203. The zero-order chi connectivity index (χ0) is 11.3. The van der Waals surface area contributed by atoms with E-state index in [4.69, 9.17) is 11.1 Å². The molecule has 1 saturated heterocycles. The van der Waals surface area contributed by atoms with Crippen LogP contribution in [0.4, 0.5) is 0 Å². The summed E-state index contributed by atoms with van der Waals surface area (Å²) in [5.74, 6) is 0.345. The maximum absolute atomic E-state index is 7.66. The van der Waals surface area contributed by atoms with Crippen molar-refractivity contribution in [2.45, 2.75) is 64.5 Å². The van der Waals surface area contributed by atoms with E-state index in [0.29, 0.717) is 11.9 Å². The number of nitrogens with zero attached hydrogens (tertiary/aromatic N) is 1. The number of amidine groups is 1. The van der Waals surface area contributed by atoms with Gasteiger partial charge in [-0.05, 0) is 32.2 Å². The van der Waals surface area contributed by atoms with E-state index in [1.54, 1.807) is 0 Å². The third-order valence-corrected chi connectivity index (χ3v) is 3.54. The van der Waals surface area contributed by atoms with Gasteiger partial charge in [0.1, 0.15) is 5.84 Å². The van der Waals surface area contributed by atoms with Crippen molar-refractivity contribution in [1.82, 2.24) is 4.90 Å². The first-order valence-corrected chi connectivity index (χ1v) is 6.30. The molecule has 0 aromatic rings. The molecule has 0 spiro atoms. The molecule has 2 unspecified atom stereocenters. The summed E-state index contributed by atoms with van der Waals surface area (Å²) in [5, 5.41) is 7.66. The minimum Gasteiger partial charge on any atom is -0.386 e. The number of likely N-dealkylation sites (tertiary alicyclic amines) is 1. The molecule has 15 heavy (non-hydrogen) atoms. The van der Waals surface area contributed by atoms with Crippen molar-refractivity contribution in [3.05, 3.63) is 0 Å². The third kappa shape index (κ3) is 3.20. The van der Waals surface area contributed by atoms with Gasteiger partial charge in [-0.25, -0.2) is 0 Å². The van der Waals surface area contributed by atoms with Gasteiger partial charge in [-0.2, -0.15) is 0 Å². The first-order valence-electron chi connectivity index (χ1n) is 6.30. The molecule has 0 aromatic heterocycles. The summed E-state index contributed by atoms with van der Waals surface area (Å²) in [7, 11) is 0. The van der Waals surface area contributed by atoms with Gasteiger partial charge in [0.25, 0.3) is 0 Å². The van der Waals surface area contributed by atoms with E-state index in [1.165, 1.54) is 32.1 Å². The molecular formula is C12H25N3. The van der Waals surface area contributed by atoms with Gasteiger partial charge >= 0.3 is 0 Å². The largest absolute Gasteiger partial charge is 0.386 e. The van der Waals surface area contributed by atoms with Crippen molar-refractivity contribution in [1.29, 1.82) is 5.41 Å². The molecule has 3 N–H and O–H groups in total. The van der Waals surface area contributed by atoms with Crippen molar-refractivity contribution in [2.24, 2.45) is 5.73 Å². The smallest absolute Gasteiger partial charge is 0.108 e. The Morgan fingerprint density at radius 1 is 1.40 bits per heavy atom. The average Bonchev–Trinajstić information content (AvgIpc) is 2.44. The summed E-state index contributed by atoms with van der Waals surface area (Å²) in [5.41, 5.74) is 5.69. The van der Waals surface area contributed by atoms with Crippen molar-refractivity contribution < 1.29 is 0 Å². The molecule has 0 bridgehead atoms. The van der Waals surface area contributed by atoms with Gasteiger partial charge in [0, 0.05) is 6.04 Å². The molecule has 0 saturated carbocycles. The summed E-state index contributed by atoms with van der Waals surface area (Å²) in [4.78, 5) is 2.47. The van der Waals surface area contributed by atoms with Crippen molar-refractivity contribution in [2.75, 3.05) is 6.54 Å². The van der Waals surface area contributed by atoms with Crippen LogP contribution in [0.15, 0.2) is 0 Å². The second kappa shape index (κ2) is 6.11. The summed E-state index contributed by atoms with van der Waals surface area (Å²) in [6, 6.07) is 0.814. The van der Waals surface area contributed by atoms with E-state index in [9.17, 15) is 0 Å². The first-order chi connectivity index (χ1) is 7.20. The molecule has 0 aliphatic carbocycles. The molecular weight excluding hydrogens is 186 g/mol. The van der Waals surface area contributed by atoms with E-state index in [0.717, 1.165) is 13.0 Å². The molecule has 1 heterocycles. The molecule has 2 atom stereocenters. The molecule has 3 nitrogen and oxygen atoms in total. The monoisotopic (exact) mass is 211 g/mol. The average molecular weight is 211 g/mol. The SMILES string of the molecule is CCC1CCCCCN1C(CC)C(=N)N.